The van der Waals surface area contributed by atoms with Crippen LogP contribution in [-0.4, -0.2) is 60.1 Å². The molecule has 16 heteroatoms. The number of nitrogens with zero attached hydrogens (tertiary/aromatic N) is 4. The summed E-state index contributed by atoms with van der Waals surface area (Å²) >= 11 is 0. The van der Waals surface area contributed by atoms with Gasteiger partial charge in [0.1, 0.15) is 0 Å². The quantitative estimate of drug-likeness (QED) is 0.0693. The second-order valence-electron chi connectivity index (χ2n) is 17.6. The summed E-state index contributed by atoms with van der Waals surface area (Å²) < 4.78 is 30.2. The highest BCUT2D eigenvalue weighted by Crippen LogP contribution is 2.40. The number of hydrogen-bond donors (Lipinski definition) is 4. The van der Waals surface area contributed by atoms with E-state index in [1.54, 1.807) is 36.4 Å². The van der Waals surface area contributed by atoms with Gasteiger partial charge in [0, 0.05) is 34.6 Å². The molecule has 4 heterocycles. The molecule has 0 atom stereocenters. The number of hydrogen-bond acceptors (Lipinski definition) is 8. The van der Waals surface area contributed by atoms with Crippen LogP contribution in [0.4, 0.5) is 0 Å². The summed E-state index contributed by atoms with van der Waals surface area (Å²) in [5, 5.41) is 13.0. The minimum Gasteiger partial charge on any atom is -0.493 e. The van der Waals surface area contributed by atoms with E-state index in [1.165, 1.54) is 32.9 Å². The first kappa shape index (κ1) is 47.2. The van der Waals surface area contributed by atoms with E-state index in [0.29, 0.717) is 102 Å². The first-order valence-corrected chi connectivity index (χ1v) is 23.6. The summed E-state index contributed by atoms with van der Waals surface area (Å²) in [7, 11) is 3.02. The summed E-state index contributed by atoms with van der Waals surface area (Å²) in [5.74, 6) is -0.348. The lowest BCUT2D eigenvalue weighted by molar-refractivity contribution is 0.113. The van der Waals surface area contributed by atoms with E-state index >= 15 is 0 Å². The molecule has 0 aliphatic rings. The van der Waals surface area contributed by atoms with E-state index in [1.807, 2.05) is 149 Å². The molecule has 10 rings (SSSR count). The van der Waals surface area contributed by atoms with Crippen LogP contribution in [0.3, 0.4) is 0 Å². The van der Waals surface area contributed by atoms with Crippen molar-refractivity contribution in [3.05, 3.63) is 255 Å². The molecule has 4 N–H and O–H groups in total. The average Bonchev–Trinajstić information content (AvgIpc) is 4.10. The van der Waals surface area contributed by atoms with E-state index in [9.17, 15) is 19.2 Å². The predicted molar refractivity (Wildman–Crippen MR) is 279 cm³/mol. The Balaban J connectivity index is 0.984. The number of methoxy groups -OCH3 is 2. The fourth-order valence-electron chi connectivity index (χ4n) is 9.71. The third-order valence-electron chi connectivity index (χ3n) is 13.2. The number of aryl methyl sites for hydroxylation is 4. The van der Waals surface area contributed by atoms with Crippen LogP contribution < -0.4 is 41.2 Å². The summed E-state index contributed by atoms with van der Waals surface area (Å²) in [6.45, 7) is 6.99. The zero-order valence-corrected chi connectivity index (χ0v) is 40.9. The Hall–Kier alpha value is -9.44. The normalized spacial score (nSPS) is 11.4. The van der Waals surface area contributed by atoms with Gasteiger partial charge in [-0.2, -0.15) is 0 Å². The van der Waals surface area contributed by atoms with Crippen LogP contribution in [0.2, 0.25) is 0 Å². The number of para-hydroxylation sites is 4. The van der Waals surface area contributed by atoms with Crippen LogP contribution >= 0.6 is 0 Å². The van der Waals surface area contributed by atoms with E-state index in [-0.39, 0.29) is 29.0 Å². The Kier molecular flexibility index (Phi) is 12.8. The Morgan fingerprint density at radius 3 is 0.877 bits per heavy atom. The lowest BCUT2D eigenvalue weighted by Crippen LogP contribution is -2.25. The van der Waals surface area contributed by atoms with Gasteiger partial charge in [-0.1, -0.05) is 84.9 Å². The molecule has 368 valence electrons. The van der Waals surface area contributed by atoms with Crippen LogP contribution in [0.1, 0.15) is 68.0 Å². The van der Waals surface area contributed by atoms with Crippen molar-refractivity contribution >= 4 is 0 Å². The molecule has 0 saturated carbocycles. The van der Waals surface area contributed by atoms with Crippen molar-refractivity contribution in [2.24, 2.45) is 0 Å². The molecular weight excluding hydrogens is 925 g/mol. The van der Waals surface area contributed by atoms with Crippen molar-refractivity contribution in [1.29, 1.82) is 0 Å². The molecule has 0 saturated heterocycles. The van der Waals surface area contributed by atoms with Crippen LogP contribution in [0.25, 0.3) is 22.7 Å². The van der Waals surface area contributed by atoms with Gasteiger partial charge in [0.15, 0.2) is 23.0 Å². The van der Waals surface area contributed by atoms with Gasteiger partial charge in [0.2, 0.25) is 6.79 Å². The third kappa shape index (κ3) is 8.68. The Labute approximate surface area is 418 Å². The SMILES string of the molecule is COc1cc(C(c2c(C)[nH]n(-c3ccccc3)c2=O)c2c(C)[nH]n(-c3ccccc3)c2=O)ccc1OCOc1ccc(C(c2c(C)[nH]n(-c3ccccc3)c2=O)c2c(C)[nH]n(-c3ccccc3)c2=O)cc1OC. The number of H-pyrrole nitrogens is 4. The minimum absolute atomic E-state index is 0.285. The highest BCUT2D eigenvalue weighted by Gasteiger charge is 2.34. The summed E-state index contributed by atoms with van der Waals surface area (Å²) in [6, 6.07) is 47.6. The zero-order valence-electron chi connectivity index (χ0n) is 40.9. The molecule has 0 radical (unpaired) electrons. The van der Waals surface area contributed by atoms with Gasteiger partial charge in [-0.3, -0.25) is 39.6 Å². The summed E-state index contributed by atoms with van der Waals surface area (Å²) in [5.41, 5.74) is 6.49. The lowest BCUT2D eigenvalue weighted by Gasteiger charge is -2.20. The highest BCUT2D eigenvalue weighted by molar-refractivity contribution is 5.54. The summed E-state index contributed by atoms with van der Waals surface area (Å²) in [4.78, 5) is 58.0. The van der Waals surface area contributed by atoms with Crippen molar-refractivity contribution in [3.63, 3.8) is 0 Å². The van der Waals surface area contributed by atoms with Gasteiger partial charge >= 0.3 is 0 Å². The maximum Gasteiger partial charge on any atom is 0.275 e. The maximum absolute atomic E-state index is 14.5. The van der Waals surface area contributed by atoms with E-state index in [0.717, 1.165) is 0 Å². The van der Waals surface area contributed by atoms with Crippen molar-refractivity contribution in [2.45, 2.75) is 39.5 Å². The van der Waals surface area contributed by atoms with Crippen LogP contribution in [0, 0.1) is 27.7 Å². The van der Waals surface area contributed by atoms with Crippen LogP contribution in [0.5, 0.6) is 23.0 Å². The molecule has 0 spiro atoms. The average molecular weight is 977 g/mol. The van der Waals surface area contributed by atoms with Crippen LogP contribution in [0.15, 0.2) is 177 Å². The number of ether oxygens (including phenoxy) is 4. The van der Waals surface area contributed by atoms with Crippen molar-refractivity contribution in [2.75, 3.05) is 21.0 Å². The molecular formula is C57H52N8O8. The fourth-order valence-corrected chi connectivity index (χ4v) is 9.71. The molecule has 6 aromatic carbocycles. The van der Waals surface area contributed by atoms with Crippen molar-refractivity contribution in [1.82, 2.24) is 39.1 Å². The number of nitrogens with one attached hydrogen (secondary N) is 4. The lowest BCUT2D eigenvalue weighted by atomic mass is 9.85. The zero-order chi connectivity index (χ0) is 50.9. The highest BCUT2D eigenvalue weighted by atomic mass is 16.7. The maximum atomic E-state index is 14.5. The largest absolute Gasteiger partial charge is 0.493 e. The standard InChI is InChI=1S/C57H52N8O8/c1-34-48(54(66)62(58-34)40-19-11-7-12-20-40)52(49-35(2)59-63(55(49)67)41-21-13-8-14-22-41)38-27-29-44(46(31-38)70-5)72-33-73-45-30-28-39(32-47(45)71-6)53(50-36(3)60-64(56(50)68)42-23-15-9-16-24-42)51-37(4)61-65(57(51)69)43-25-17-10-18-26-43/h7-32,52-53,58-61H,33H2,1-6H3. The number of benzene rings is 6. The van der Waals surface area contributed by atoms with Crippen molar-refractivity contribution in [3.8, 4) is 45.7 Å². The molecule has 0 aliphatic heterocycles. The smallest absolute Gasteiger partial charge is 0.275 e. The van der Waals surface area contributed by atoms with E-state index < -0.39 is 11.8 Å². The first-order valence-electron chi connectivity index (χ1n) is 23.6. The second kappa shape index (κ2) is 19.8. The molecule has 0 bridgehead atoms. The van der Waals surface area contributed by atoms with Gasteiger partial charge in [0.05, 0.1) is 59.2 Å². The fraction of sp³-hybridized carbons (Fsp3) is 0.158. The molecule has 73 heavy (non-hydrogen) atoms. The third-order valence-corrected chi connectivity index (χ3v) is 13.2. The van der Waals surface area contributed by atoms with Crippen molar-refractivity contribution < 1.29 is 18.9 Å². The Bertz CT molecular complexity index is 3390. The molecule has 0 aliphatic carbocycles. The van der Waals surface area contributed by atoms with Gasteiger partial charge < -0.3 is 18.9 Å². The van der Waals surface area contributed by atoms with Gasteiger partial charge in [0.25, 0.3) is 22.2 Å². The monoisotopic (exact) mass is 976 g/mol. The molecule has 10 aromatic rings. The van der Waals surface area contributed by atoms with Gasteiger partial charge in [-0.15, -0.1) is 0 Å². The van der Waals surface area contributed by atoms with E-state index in [4.69, 9.17) is 18.9 Å². The number of rotatable bonds is 16. The molecule has 0 unspecified atom stereocenters. The summed E-state index contributed by atoms with van der Waals surface area (Å²) in [6.07, 6.45) is 0. The first-order chi connectivity index (χ1) is 35.5. The predicted octanol–water partition coefficient (Wildman–Crippen LogP) is 8.63. The molecule has 0 amide bonds. The van der Waals surface area contributed by atoms with Crippen LogP contribution in [-0.2, 0) is 0 Å². The Morgan fingerprint density at radius 2 is 0.630 bits per heavy atom. The van der Waals surface area contributed by atoms with Gasteiger partial charge in [-0.25, -0.2) is 18.7 Å². The second-order valence-corrected chi connectivity index (χ2v) is 17.6. The Morgan fingerprint density at radius 1 is 0.370 bits per heavy atom. The minimum atomic E-state index is -0.833. The number of aromatic nitrogens is 8. The molecule has 0 fully saturated rings. The topological polar surface area (TPSA) is 188 Å². The van der Waals surface area contributed by atoms with Gasteiger partial charge in [-0.05, 0) is 112 Å². The van der Waals surface area contributed by atoms with E-state index in [2.05, 4.69) is 20.4 Å². The number of aromatic amines is 4. The molecule has 4 aromatic heterocycles. The molecule has 16 nitrogen and oxygen atoms in total.